The van der Waals surface area contributed by atoms with Gasteiger partial charge in [-0.25, -0.2) is 4.39 Å². The van der Waals surface area contributed by atoms with Crippen LogP contribution in [0, 0.1) is 5.82 Å². The minimum atomic E-state index is -0.552. The van der Waals surface area contributed by atoms with Gasteiger partial charge < -0.3 is 16.0 Å². The second-order valence-corrected chi connectivity index (χ2v) is 4.00. The number of carbonyl (C=O) groups excluding carboxylic acids is 1. The highest BCUT2D eigenvalue weighted by atomic mass is 35.5. The minimum absolute atomic E-state index is 0.00943. The molecule has 1 amide bonds. The molecule has 1 saturated heterocycles. The number of carbonyl (C=O) groups is 1. The van der Waals surface area contributed by atoms with Gasteiger partial charge in [0.25, 0.3) is 0 Å². The molecule has 1 heterocycles. The van der Waals surface area contributed by atoms with Crippen molar-refractivity contribution in [3.63, 3.8) is 0 Å². The molecule has 1 aliphatic rings. The number of nitrogens with one attached hydrogen (secondary N) is 1. The van der Waals surface area contributed by atoms with Gasteiger partial charge in [0, 0.05) is 19.2 Å². The van der Waals surface area contributed by atoms with Crippen LogP contribution < -0.4 is 16.0 Å². The Morgan fingerprint density at radius 3 is 2.94 bits per heavy atom. The number of hydrogen-bond acceptors (Lipinski definition) is 3. The summed E-state index contributed by atoms with van der Waals surface area (Å²) in [6, 6.07) is 2.62. The van der Waals surface area contributed by atoms with Crippen molar-refractivity contribution in [2.75, 3.05) is 30.3 Å². The number of nitrogens with zero attached hydrogens (tertiary/aromatic N) is 1. The fraction of sp³-hybridized carbons (Fsp3) is 0.300. The number of benzene rings is 1. The van der Waals surface area contributed by atoms with Gasteiger partial charge in [-0.1, -0.05) is 11.6 Å². The number of nitrogens with two attached hydrogens (primary N) is 1. The predicted octanol–water partition coefficient (Wildman–Crippen LogP) is 0.998. The molecule has 0 radical (unpaired) electrons. The summed E-state index contributed by atoms with van der Waals surface area (Å²) >= 11 is 5.68. The lowest BCUT2D eigenvalue weighted by Gasteiger charge is -2.29. The third kappa shape index (κ3) is 2.04. The smallest absolute Gasteiger partial charge is 0.239 e. The van der Waals surface area contributed by atoms with Crippen molar-refractivity contribution in [1.29, 1.82) is 0 Å². The first kappa shape index (κ1) is 11.0. The van der Waals surface area contributed by atoms with Crippen molar-refractivity contribution in [2.45, 2.75) is 0 Å². The predicted molar refractivity (Wildman–Crippen MR) is 61.0 cm³/mol. The second-order valence-electron chi connectivity index (χ2n) is 3.60. The number of halogens is 2. The maximum atomic E-state index is 13.1. The zero-order valence-electron chi connectivity index (χ0n) is 8.46. The minimum Gasteiger partial charge on any atom is -0.397 e. The average Bonchev–Trinajstić information content (AvgIpc) is 2.23. The molecule has 86 valence electrons. The van der Waals surface area contributed by atoms with Crippen LogP contribution >= 0.6 is 11.6 Å². The number of anilines is 2. The van der Waals surface area contributed by atoms with Crippen LogP contribution in [0.2, 0.25) is 5.02 Å². The third-order valence-electron chi connectivity index (χ3n) is 2.45. The van der Waals surface area contributed by atoms with Crippen molar-refractivity contribution < 1.29 is 9.18 Å². The molecule has 2 rings (SSSR count). The van der Waals surface area contributed by atoms with E-state index in [1.807, 2.05) is 0 Å². The molecule has 6 heteroatoms. The Morgan fingerprint density at radius 1 is 1.50 bits per heavy atom. The molecule has 1 aromatic carbocycles. The standard InChI is InChI=1S/C10H11ClFN3O/c11-6-3-9(8(13)4-7(6)12)15-2-1-14-10(16)5-15/h3-4H,1-2,5,13H2,(H,14,16). The Morgan fingerprint density at radius 2 is 2.25 bits per heavy atom. The topological polar surface area (TPSA) is 58.4 Å². The van der Waals surface area contributed by atoms with Gasteiger partial charge in [0.05, 0.1) is 22.9 Å². The van der Waals surface area contributed by atoms with Gasteiger partial charge in [0.1, 0.15) is 5.82 Å². The van der Waals surface area contributed by atoms with Crippen LogP contribution in [-0.4, -0.2) is 25.5 Å². The van der Waals surface area contributed by atoms with Crippen molar-refractivity contribution in [3.05, 3.63) is 23.0 Å². The molecule has 16 heavy (non-hydrogen) atoms. The van der Waals surface area contributed by atoms with E-state index in [2.05, 4.69) is 5.32 Å². The monoisotopic (exact) mass is 243 g/mol. The zero-order valence-corrected chi connectivity index (χ0v) is 9.22. The Hall–Kier alpha value is -1.49. The molecule has 0 aliphatic carbocycles. The molecule has 0 saturated carbocycles. The summed E-state index contributed by atoms with van der Waals surface area (Å²) < 4.78 is 13.1. The highest BCUT2D eigenvalue weighted by molar-refractivity contribution is 6.31. The molecular weight excluding hydrogens is 233 g/mol. The zero-order chi connectivity index (χ0) is 11.7. The van der Waals surface area contributed by atoms with E-state index in [1.165, 1.54) is 12.1 Å². The second kappa shape index (κ2) is 4.17. The lowest BCUT2D eigenvalue weighted by molar-refractivity contribution is -0.120. The Bertz CT molecular complexity index is 438. The van der Waals surface area contributed by atoms with Gasteiger partial charge in [-0.2, -0.15) is 0 Å². The van der Waals surface area contributed by atoms with Gasteiger partial charge in [0.2, 0.25) is 5.91 Å². The first-order valence-electron chi connectivity index (χ1n) is 4.84. The largest absolute Gasteiger partial charge is 0.397 e. The van der Waals surface area contributed by atoms with Gasteiger partial charge in [-0.05, 0) is 6.07 Å². The lowest BCUT2D eigenvalue weighted by Crippen LogP contribution is -2.47. The van der Waals surface area contributed by atoms with Crippen LogP contribution in [0.4, 0.5) is 15.8 Å². The molecule has 0 atom stereocenters. The number of nitrogen functional groups attached to an aromatic ring is 1. The van der Waals surface area contributed by atoms with Gasteiger partial charge >= 0.3 is 0 Å². The quantitative estimate of drug-likeness (QED) is 0.724. The Kier molecular flexibility index (Phi) is 2.87. The van der Waals surface area contributed by atoms with E-state index in [-0.39, 0.29) is 23.2 Å². The first-order chi connectivity index (χ1) is 7.58. The molecule has 1 fully saturated rings. The van der Waals surface area contributed by atoms with Crippen molar-refractivity contribution >= 4 is 28.9 Å². The van der Waals surface area contributed by atoms with Crippen LogP contribution in [0.15, 0.2) is 12.1 Å². The molecule has 0 aromatic heterocycles. The highest BCUT2D eigenvalue weighted by Crippen LogP contribution is 2.29. The van der Waals surface area contributed by atoms with Gasteiger partial charge in [-0.3, -0.25) is 4.79 Å². The number of hydrogen-bond donors (Lipinski definition) is 2. The van der Waals surface area contributed by atoms with E-state index in [1.54, 1.807) is 4.90 Å². The maximum Gasteiger partial charge on any atom is 0.239 e. The molecule has 1 aromatic rings. The van der Waals surface area contributed by atoms with Gasteiger partial charge in [-0.15, -0.1) is 0 Å². The van der Waals surface area contributed by atoms with E-state index in [4.69, 9.17) is 17.3 Å². The molecule has 4 nitrogen and oxygen atoms in total. The number of amides is 1. The van der Waals surface area contributed by atoms with Crippen LogP contribution in [0.5, 0.6) is 0 Å². The van der Waals surface area contributed by atoms with Crippen molar-refractivity contribution in [1.82, 2.24) is 5.32 Å². The average molecular weight is 244 g/mol. The summed E-state index contributed by atoms with van der Waals surface area (Å²) in [6.07, 6.45) is 0. The number of rotatable bonds is 1. The van der Waals surface area contributed by atoms with E-state index in [0.717, 1.165) is 0 Å². The van der Waals surface area contributed by atoms with Crippen LogP contribution in [0.1, 0.15) is 0 Å². The molecule has 0 spiro atoms. The van der Waals surface area contributed by atoms with Crippen LogP contribution in [-0.2, 0) is 4.79 Å². The SMILES string of the molecule is Nc1cc(F)c(Cl)cc1N1CCNC(=O)C1. The summed E-state index contributed by atoms with van der Waals surface area (Å²) in [6.45, 7) is 1.40. The van der Waals surface area contributed by atoms with Crippen LogP contribution in [0.25, 0.3) is 0 Å². The van der Waals surface area contributed by atoms with E-state index in [9.17, 15) is 9.18 Å². The van der Waals surface area contributed by atoms with E-state index >= 15 is 0 Å². The Balaban J connectivity index is 2.32. The summed E-state index contributed by atoms with van der Waals surface area (Å²) in [7, 11) is 0. The fourth-order valence-corrected chi connectivity index (χ4v) is 1.83. The third-order valence-corrected chi connectivity index (χ3v) is 2.74. The van der Waals surface area contributed by atoms with Crippen molar-refractivity contribution in [2.24, 2.45) is 0 Å². The van der Waals surface area contributed by atoms with Crippen LogP contribution in [0.3, 0.4) is 0 Å². The molecule has 3 N–H and O–H groups in total. The first-order valence-corrected chi connectivity index (χ1v) is 5.22. The highest BCUT2D eigenvalue weighted by Gasteiger charge is 2.19. The molecule has 0 bridgehead atoms. The van der Waals surface area contributed by atoms with Crippen molar-refractivity contribution in [3.8, 4) is 0 Å². The molecule has 0 unspecified atom stereocenters. The summed E-state index contributed by atoms with van der Waals surface area (Å²) in [5.41, 5.74) is 6.58. The molecule has 1 aliphatic heterocycles. The number of piperazine rings is 1. The summed E-state index contributed by atoms with van der Waals surface area (Å²) in [4.78, 5) is 13.0. The summed E-state index contributed by atoms with van der Waals surface area (Å²) in [5, 5.41) is 2.71. The fourth-order valence-electron chi connectivity index (χ4n) is 1.67. The maximum absolute atomic E-state index is 13.1. The normalized spacial score (nSPS) is 16.1. The van der Waals surface area contributed by atoms with E-state index < -0.39 is 5.82 Å². The van der Waals surface area contributed by atoms with Gasteiger partial charge in [0.15, 0.2) is 0 Å². The lowest BCUT2D eigenvalue weighted by atomic mass is 10.2. The summed E-state index contributed by atoms with van der Waals surface area (Å²) in [5.74, 6) is -0.629. The van der Waals surface area contributed by atoms with E-state index in [0.29, 0.717) is 18.8 Å². The Labute approximate surface area is 97.2 Å². The molecular formula is C10H11ClFN3O.